The zero-order valence-electron chi connectivity index (χ0n) is 13.3. The van der Waals surface area contributed by atoms with Crippen molar-refractivity contribution >= 4 is 38.9 Å². The molecule has 8 heteroatoms. The van der Waals surface area contributed by atoms with E-state index >= 15 is 0 Å². The molecule has 1 N–H and O–H groups in total. The number of hydrogen-bond donors (Lipinski definition) is 1. The van der Waals surface area contributed by atoms with E-state index in [0.717, 1.165) is 5.69 Å². The second-order valence-corrected chi connectivity index (χ2v) is 7.54. The largest absolute Gasteiger partial charge is 0.495 e. The Morgan fingerprint density at radius 2 is 1.75 bits per heavy atom. The number of nitrogens with one attached hydrogen (secondary N) is 1. The van der Waals surface area contributed by atoms with E-state index in [9.17, 15) is 8.42 Å². The third-order valence-corrected chi connectivity index (χ3v) is 5.94. The first-order valence-electron chi connectivity index (χ1n) is 7.14. The van der Waals surface area contributed by atoms with Crippen LogP contribution in [-0.2, 0) is 10.0 Å². The van der Waals surface area contributed by atoms with Gasteiger partial charge in [-0.3, -0.25) is 0 Å². The standard InChI is InChI=1S/C16H18Cl2N2O3S/c1-20(12-6-4-3-5-7-12)11-10-19-24(21,22)14-9-8-13(23-2)15(17)16(14)18/h3-9,19H,10-11H2,1-2H3. The molecule has 0 unspecified atom stereocenters. The summed E-state index contributed by atoms with van der Waals surface area (Å²) < 4.78 is 32.4. The number of hydrogen-bond acceptors (Lipinski definition) is 4. The summed E-state index contributed by atoms with van der Waals surface area (Å²) in [7, 11) is -0.441. The lowest BCUT2D eigenvalue weighted by Crippen LogP contribution is -2.33. The molecular formula is C16H18Cl2N2O3S. The summed E-state index contributed by atoms with van der Waals surface area (Å²) >= 11 is 12.1. The van der Waals surface area contributed by atoms with E-state index in [2.05, 4.69) is 4.72 Å². The van der Waals surface area contributed by atoms with E-state index in [-0.39, 0.29) is 21.5 Å². The predicted octanol–water partition coefficient (Wildman–Crippen LogP) is 3.42. The Bertz CT molecular complexity index is 798. The number of likely N-dealkylation sites (N-methyl/N-ethyl adjacent to an activating group) is 1. The summed E-state index contributed by atoms with van der Waals surface area (Å²) in [6.07, 6.45) is 0. The molecule has 0 atom stereocenters. The number of rotatable bonds is 7. The van der Waals surface area contributed by atoms with Crippen LogP contribution in [0.25, 0.3) is 0 Å². The maximum absolute atomic E-state index is 12.4. The molecule has 0 fully saturated rings. The average molecular weight is 389 g/mol. The van der Waals surface area contributed by atoms with Crippen LogP contribution in [0.1, 0.15) is 0 Å². The summed E-state index contributed by atoms with van der Waals surface area (Å²) in [6, 6.07) is 12.5. The number of anilines is 1. The molecule has 24 heavy (non-hydrogen) atoms. The highest BCUT2D eigenvalue weighted by Crippen LogP contribution is 2.36. The highest BCUT2D eigenvalue weighted by molar-refractivity contribution is 7.89. The Morgan fingerprint density at radius 3 is 2.38 bits per heavy atom. The lowest BCUT2D eigenvalue weighted by atomic mass is 10.3. The van der Waals surface area contributed by atoms with Gasteiger partial charge >= 0.3 is 0 Å². The molecule has 0 saturated carbocycles. The summed E-state index contributed by atoms with van der Waals surface area (Å²) in [5.41, 5.74) is 1.00. The molecule has 2 aromatic carbocycles. The Morgan fingerprint density at radius 1 is 1.08 bits per heavy atom. The van der Waals surface area contributed by atoms with Crippen LogP contribution in [0.5, 0.6) is 5.75 Å². The normalized spacial score (nSPS) is 11.3. The Kier molecular flexibility index (Phi) is 6.34. The van der Waals surface area contributed by atoms with Crippen molar-refractivity contribution in [2.24, 2.45) is 0 Å². The molecule has 2 aromatic rings. The number of halogens is 2. The summed E-state index contributed by atoms with van der Waals surface area (Å²) in [5, 5.41) is 0.0170. The maximum Gasteiger partial charge on any atom is 0.242 e. The monoisotopic (exact) mass is 388 g/mol. The first-order valence-corrected chi connectivity index (χ1v) is 9.38. The number of ether oxygens (including phenoxy) is 1. The minimum atomic E-state index is -3.76. The van der Waals surface area contributed by atoms with Crippen molar-refractivity contribution in [3.8, 4) is 5.75 Å². The first-order chi connectivity index (χ1) is 11.4. The van der Waals surface area contributed by atoms with Gasteiger partial charge < -0.3 is 9.64 Å². The summed E-state index contributed by atoms with van der Waals surface area (Å²) in [5.74, 6) is 0.324. The molecule has 0 aliphatic carbocycles. The number of methoxy groups -OCH3 is 1. The van der Waals surface area contributed by atoms with E-state index in [1.54, 1.807) is 0 Å². The maximum atomic E-state index is 12.4. The highest BCUT2D eigenvalue weighted by atomic mass is 35.5. The fourth-order valence-corrected chi connectivity index (χ4v) is 3.98. The fourth-order valence-electron chi connectivity index (χ4n) is 2.12. The van der Waals surface area contributed by atoms with Crippen LogP contribution in [0.15, 0.2) is 47.4 Å². The van der Waals surface area contributed by atoms with E-state index in [0.29, 0.717) is 12.3 Å². The van der Waals surface area contributed by atoms with Gasteiger partial charge in [0.25, 0.3) is 0 Å². The van der Waals surface area contributed by atoms with Crippen LogP contribution in [-0.4, -0.2) is 35.7 Å². The number of sulfonamides is 1. The number of para-hydroxylation sites is 1. The van der Waals surface area contributed by atoms with Crippen LogP contribution >= 0.6 is 23.2 Å². The van der Waals surface area contributed by atoms with Crippen molar-refractivity contribution in [3.05, 3.63) is 52.5 Å². The molecule has 0 saturated heterocycles. The van der Waals surface area contributed by atoms with Crippen molar-refractivity contribution in [3.63, 3.8) is 0 Å². The van der Waals surface area contributed by atoms with Gasteiger partial charge in [-0.25, -0.2) is 13.1 Å². The van der Waals surface area contributed by atoms with E-state index < -0.39 is 10.0 Å². The van der Waals surface area contributed by atoms with Crippen LogP contribution in [0.2, 0.25) is 10.0 Å². The highest BCUT2D eigenvalue weighted by Gasteiger charge is 2.21. The van der Waals surface area contributed by atoms with Gasteiger partial charge in [0, 0.05) is 25.8 Å². The van der Waals surface area contributed by atoms with Gasteiger partial charge in [-0.05, 0) is 24.3 Å². The van der Waals surface area contributed by atoms with Crippen molar-refractivity contribution in [2.45, 2.75) is 4.90 Å². The van der Waals surface area contributed by atoms with Crippen LogP contribution in [0.3, 0.4) is 0 Å². The van der Waals surface area contributed by atoms with Crippen molar-refractivity contribution in [1.29, 1.82) is 0 Å². The number of nitrogens with zero attached hydrogens (tertiary/aromatic N) is 1. The van der Waals surface area contributed by atoms with Gasteiger partial charge in [-0.2, -0.15) is 0 Å². The molecular weight excluding hydrogens is 371 g/mol. The first kappa shape index (κ1) is 18.9. The van der Waals surface area contributed by atoms with E-state index in [4.69, 9.17) is 27.9 Å². The molecule has 0 amide bonds. The number of benzene rings is 2. The zero-order valence-corrected chi connectivity index (χ0v) is 15.6. The molecule has 0 aromatic heterocycles. The lowest BCUT2D eigenvalue weighted by molar-refractivity contribution is 0.414. The quantitative estimate of drug-likeness (QED) is 0.789. The van der Waals surface area contributed by atoms with Gasteiger partial charge in [0.05, 0.1) is 12.1 Å². The molecule has 0 aliphatic rings. The lowest BCUT2D eigenvalue weighted by Gasteiger charge is -2.19. The van der Waals surface area contributed by atoms with E-state index in [1.165, 1.54) is 19.2 Å². The van der Waals surface area contributed by atoms with Gasteiger partial charge in [0.2, 0.25) is 10.0 Å². The predicted molar refractivity (Wildman–Crippen MR) is 97.9 cm³/mol. The van der Waals surface area contributed by atoms with E-state index in [1.807, 2.05) is 42.3 Å². The van der Waals surface area contributed by atoms with Crippen molar-refractivity contribution < 1.29 is 13.2 Å². The summed E-state index contributed by atoms with van der Waals surface area (Å²) in [6.45, 7) is 0.735. The van der Waals surface area contributed by atoms with Gasteiger partial charge in [-0.15, -0.1) is 0 Å². The second kappa shape index (κ2) is 8.07. The summed E-state index contributed by atoms with van der Waals surface area (Å²) in [4.78, 5) is 1.88. The molecule has 2 rings (SSSR count). The third kappa shape index (κ3) is 4.33. The third-order valence-electron chi connectivity index (χ3n) is 3.46. The molecule has 0 bridgehead atoms. The van der Waals surface area contributed by atoms with Crippen molar-refractivity contribution in [2.75, 3.05) is 32.1 Å². The van der Waals surface area contributed by atoms with Crippen LogP contribution < -0.4 is 14.4 Å². The zero-order chi connectivity index (χ0) is 17.7. The molecule has 0 aliphatic heterocycles. The molecule has 0 spiro atoms. The Labute approximate surface area is 152 Å². The van der Waals surface area contributed by atoms with Gasteiger partial charge in [0.15, 0.2) is 0 Å². The average Bonchev–Trinajstić information content (AvgIpc) is 2.57. The minimum Gasteiger partial charge on any atom is -0.495 e. The fraction of sp³-hybridized carbons (Fsp3) is 0.250. The van der Waals surface area contributed by atoms with Gasteiger partial charge in [-0.1, -0.05) is 41.4 Å². The van der Waals surface area contributed by atoms with Crippen LogP contribution in [0.4, 0.5) is 5.69 Å². The van der Waals surface area contributed by atoms with Gasteiger partial charge in [0.1, 0.15) is 15.7 Å². The SMILES string of the molecule is COc1ccc(S(=O)(=O)NCCN(C)c2ccccc2)c(Cl)c1Cl. The molecule has 0 radical (unpaired) electrons. The van der Waals surface area contributed by atoms with Crippen molar-refractivity contribution in [1.82, 2.24) is 4.72 Å². The molecule has 0 heterocycles. The Balaban J connectivity index is 2.06. The molecule has 5 nitrogen and oxygen atoms in total. The second-order valence-electron chi connectivity index (χ2n) is 5.05. The topological polar surface area (TPSA) is 58.6 Å². The smallest absolute Gasteiger partial charge is 0.242 e. The minimum absolute atomic E-state index is 0.0556. The molecule has 130 valence electrons. The van der Waals surface area contributed by atoms with Crippen LogP contribution in [0, 0.1) is 0 Å². The Hall–Kier alpha value is -1.47.